The van der Waals surface area contributed by atoms with Crippen LogP contribution in [0.25, 0.3) is 0 Å². The molecule has 0 atom stereocenters. The normalized spacial score (nSPS) is 13.5. The minimum atomic E-state index is 0.117. The highest BCUT2D eigenvalue weighted by molar-refractivity contribution is 5.31. The van der Waals surface area contributed by atoms with Gasteiger partial charge in [0.2, 0.25) is 0 Å². The first-order valence-electron chi connectivity index (χ1n) is 4.42. The van der Waals surface area contributed by atoms with Crippen LogP contribution >= 0.6 is 0 Å². The third-order valence-corrected chi connectivity index (χ3v) is 1.73. The van der Waals surface area contributed by atoms with Gasteiger partial charge < -0.3 is 5.43 Å². The van der Waals surface area contributed by atoms with E-state index in [0.29, 0.717) is 0 Å². The highest BCUT2D eigenvalue weighted by Crippen LogP contribution is 2.26. The first-order chi connectivity index (χ1) is 5.91. The average Bonchev–Trinajstić information content (AvgIpc) is 2.01. The lowest BCUT2D eigenvalue weighted by molar-refractivity contribution is 0.516. The molecule has 0 radical (unpaired) electrons. The van der Waals surface area contributed by atoms with Crippen molar-refractivity contribution in [2.24, 2.45) is 11.3 Å². The Bertz CT molecular complexity index is 229. The average molecular weight is 180 g/mol. The molecule has 0 saturated carbocycles. The summed E-state index contributed by atoms with van der Waals surface area (Å²) < 4.78 is 0. The molecule has 74 valence electrons. The molecular weight excluding hydrogens is 160 g/mol. The third-order valence-electron chi connectivity index (χ3n) is 1.73. The van der Waals surface area contributed by atoms with Crippen molar-refractivity contribution in [3.05, 3.63) is 36.1 Å². The lowest BCUT2D eigenvalue weighted by atomic mass is 9.85. The summed E-state index contributed by atoms with van der Waals surface area (Å²) in [6.07, 6.45) is 6.05. The minimum Gasteiger partial charge on any atom is -0.325 e. The Morgan fingerprint density at radius 1 is 1.38 bits per heavy atom. The van der Waals surface area contributed by atoms with Crippen LogP contribution in [-0.4, -0.2) is 0 Å². The number of hydrogen-bond donors (Lipinski definition) is 2. The molecule has 0 aliphatic rings. The Morgan fingerprint density at radius 2 is 1.92 bits per heavy atom. The van der Waals surface area contributed by atoms with Crippen LogP contribution in [0.3, 0.4) is 0 Å². The largest absolute Gasteiger partial charge is 0.325 e. The Labute approximate surface area is 81.2 Å². The van der Waals surface area contributed by atoms with E-state index < -0.39 is 0 Å². The molecule has 0 aromatic rings. The lowest BCUT2D eigenvalue weighted by Crippen LogP contribution is -2.20. The topological polar surface area (TPSA) is 38.0 Å². The Hall–Kier alpha value is -1.02. The molecule has 0 fully saturated rings. The molecule has 0 aromatic carbocycles. The van der Waals surface area contributed by atoms with Crippen molar-refractivity contribution in [2.45, 2.75) is 27.7 Å². The Morgan fingerprint density at radius 3 is 2.23 bits per heavy atom. The maximum Gasteiger partial charge on any atom is 0.0416 e. The van der Waals surface area contributed by atoms with Crippen LogP contribution in [0.2, 0.25) is 0 Å². The quantitative estimate of drug-likeness (QED) is 0.398. The van der Waals surface area contributed by atoms with Gasteiger partial charge in [0.15, 0.2) is 0 Å². The number of hydrogen-bond acceptors (Lipinski definition) is 2. The Balaban J connectivity index is 4.81. The van der Waals surface area contributed by atoms with Crippen LogP contribution in [0, 0.1) is 5.41 Å². The molecule has 0 unspecified atom stereocenters. The highest BCUT2D eigenvalue weighted by atomic mass is 15.2. The van der Waals surface area contributed by atoms with E-state index in [-0.39, 0.29) is 5.41 Å². The monoisotopic (exact) mass is 180 g/mol. The van der Waals surface area contributed by atoms with Crippen LogP contribution < -0.4 is 11.3 Å². The molecule has 0 rings (SSSR count). The van der Waals surface area contributed by atoms with Gasteiger partial charge in [0.05, 0.1) is 0 Å². The lowest BCUT2D eigenvalue weighted by Gasteiger charge is -2.20. The highest BCUT2D eigenvalue weighted by Gasteiger charge is 2.13. The molecule has 0 aromatic heterocycles. The molecule has 0 heterocycles. The zero-order valence-electron chi connectivity index (χ0n) is 9.02. The number of nitrogens with two attached hydrogens (primary N) is 1. The molecule has 0 aliphatic heterocycles. The summed E-state index contributed by atoms with van der Waals surface area (Å²) in [5.74, 6) is 5.24. The molecule has 0 amide bonds. The second-order valence-electron chi connectivity index (χ2n) is 4.02. The van der Waals surface area contributed by atoms with Crippen molar-refractivity contribution < 1.29 is 0 Å². The van der Waals surface area contributed by atoms with Crippen molar-refractivity contribution in [1.82, 2.24) is 5.43 Å². The van der Waals surface area contributed by atoms with E-state index in [9.17, 15) is 0 Å². The molecule has 13 heavy (non-hydrogen) atoms. The molecule has 3 N–H and O–H groups in total. The van der Waals surface area contributed by atoms with Crippen LogP contribution in [0.5, 0.6) is 0 Å². The van der Waals surface area contributed by atoms with Gasteiger partial charge >= 0.3 is 0 Å². The summed E-state index contributed by atoms with van der Waals surface area (Å²) in [7, 11) is 0. The SMILES string of the molecule is C=C(/C=C(\C=C/C)C(C)(C)C)NN. The summed E-state index contributed by atoms with van der Waals surface area (Å²) in [6, 6.07) is 0. The fraction of sp³-hybridized carbons (Fsp3) is 0.455. The first kappa shape index (κ1) is 12.0. The predicted molar refractivity (Wildman–Crippen MR) is 58.8 cm³/mol. The van der Waals surface area contributed by atoms with Gasteiger partial charge in [-0.25, -0.2) is 0 Å². The number of allylic oxidation sites excluding steroid dienone is 4. The van der Waals surface area contributed by atoms with Crippen molar-refractivity contribution in [3.8, 4) is 0 Å². The molecule has 0 bridgehead atoms. The molecule has 0 spiro atoms. The van der Waals surface area contributed by atoms with Gasteiger partial charge in [0.1, 0.15) is 0 Å². The standard InChI is InChI=1S/C11H20N2/c1-6-7-10(11(3,4)5)8-9(2)13-12/h6-8,13H,2,12H2,1,3-5H3/b7-6-,10-8+. The minimum absolute atomic E-state index is 0.117. The van der Waals surface area contributed by atoms with E-state index in [1.165, 1.54) is 5.57 Å². The fourth-order valence-corrected chi connectivity index (χ4v) is 0.924. The van der Waals surface area contributed by atoms with Gasteiger partial charge in [-0.15, -0.1) is 0 Å². The summed E-state index contributed by atoms with van der Waals surface area (Å²) in [6.45, 7) is 12.2. The second-order valence-corrected chi connectivity index (χ2v) is 4.02. The molecule has 0 saturated heterocycles. The molecule has 2 heteroatoms. The van der Waals surface area contributed by atoms with Crippen LogP contribution in [0.4, 0.5) is 0 Å². The predicted octanol–water partition coefficient (Wildman–Crippen LogP) is 2.51. The van der Waals surface area contributed by atoms with Gasteiger partial charge in [-0.05, 0) is 24.0 Å². The maximum atomic E-state index is 5.24. The van der Waals surface area contributed by atoms with Crippen molar-refractivity contribution >= 4 is 0 Å². The van der Waals surface area contributed by atoms with Crippen molar-refractivity contribution in [1.29, 1.82) is 0 Å². The molecular formula is C11H20N2. The van der Waals surface area contributed by atoms with Crippen molar-refractivity contribution in [3.63, 3.8) is 0 Å². The third kappa shape index (κ3) is 4.53. The van der Waals surface area contributed by atoms with Gasteiger partial charge in [0, 0.05) is 5.70 Å². The van der Waals surface area contributed by atoms with E-state index in [0.717, 1.165) is 5.70 Å². The first-order valence-corrected chi connectivity index (χ1v) is 4.42. The van der Waals surface area contributed by atoms with Gasteiger partial charge in [-0.1, -0.05) is 39.5 Å². The zero-order valence-corrected chi connectivity index (χ0v) is 9.02. The van der Waals surface area contributed by atoms with Gasteiger partial charge in [0.25, 0.3) is 0 Å². The van der Waals surface area contributed by atoms with E-state index in [1.807, 2.05) is 19.1 Å². The van der Waals surface area contributed by atoms with Crippen LogP contribution in [-0.2, 0) is 0 Å². The van der Waals surface area contributed by atoms with Crippen molar-refractivity contribution in [2.75, 3.05) is 0 Å². The second kappa shape index (κ2) is 4.87. The number of hydrazine groups is 1. The summed E-state index contributed by atoms with van der Waals surface area (Å²) in [5, 5.41) is 0. The maximum absolute atomic E-state index is 5.24. The fourth-order valence-electron chi connectivity index (χ4n) is 0.924. The zero-order chi connectivity index (χ0) is 10.5. The van der Waals surface area contributed by atoms with Gasteiger partial charge in [-0.3, -0.25) is 5.84 Å². The number of rotatable bonds is 3. The van der Waals surface area contributed by atoms with E-state index in [2.05, 4.69) is 38.9 Å². The Kier molecular flexibility index (Phi) is 4.49. The van der Waals surface area contributed by atoms with Crippen LogP contribution in [0.1, 0.15) is 27.7 Å². The van der Waals surface area contributed by atoms with Gasteiger partial charge in [-0.2, -0.15) is 0 Å². The van der Waals surface area contributed by atoms with Crippen LogP contribution in [0.15, 0.2) is 36.1 Å². The summed E-state index contributed by atoms with van der Waals surface area (Å²) in [5.41, 5.74) is 4.57. The van der Waals surface area contributed by atoms with E-state index >= 15 is 0 Å². The smallest absolute Gasteiger partial charge is 0.0416 e. The molecule has 0 aliphatic carbocycles. The summed E-state index contributed by atoms with van der Waals surface area (Å²) in [4.78, 5) is 0. The molecule has 2 nitrogen and oxygen atoms in total. The van der Waals surface area contributed by atoms with E-state index in [4.69, 9.17) is 5.84 Å². The number of nitrogens with one attached hydrogen (secondary N) is 1. The van der Waals surface area contributed by atoms with E-state index in [1.54, 1.807) is 0 Å². The summed E-state index contributed by atoms with van der Waals surface area (Å²) >= 11 is 0.